The summed E-state index contributed by atoms with van der Waals surface area (Å²) in [5, 5.41) is 14.3. The van der Waals surface area contributed by atoms with Crippen LogP contribution in [0, 0.1) is 0 Å². The van der Waals surface area contributed by atoms with Gasteiger partial charge in [0.1, 0.15) is 5.82 Å². The smallest absolute Gasteiger partial charge is 0.222 e. The molecule has 0 radical (unpaired) electrons. The summed E-state index contributed by atoms with van der Waals surface area (Å²) in [6, 6.07) is 5.87. The molecular weight excluding hydrogens is 396 g/mol. The second kappa shape index (κ2) is 8.37. The van der Waals surface area contributed by atoms with Crippen LogP contribution < -0.4 is 5.32 Å². The molecule has 4 rings (SSSR count). The number of aryl methyl sites for hydroxylation is 1. The number of pyridine rings is 2. The number of carbonyl (C=O) groups is 1. The number of aliphatic hydroxyl groups excluding tert-OH is 1. The fraction of sp³-hybridized carbons (Fsp3) is 0.435. The van der Waals surface area contributed by atoms with Crippen LogP contribution in [-0.4, -0.2) is 52.0 Å². The highest BCUT2D eigenvalue weighted by Crippen LogP contribution is 2.38. The summed E-state index contributed by atoms with van der Waals surface area (Å²) in [5.74, 6) is 0.317. The summed E-state index contributed by atoms with van der Waals surface area (Å²) in [7, 11) is 3.61. The lowest BCUT2D eigenvalue weighted by atomic mass is 9.78. The summed E-state index contributed by atoms with van der Waals surface area (Å²) in [4.78, 5) is 20.8. The molecule has 4 heterocycles. The molecule has 0 saturated carbocycles. The van der Waals surface area contributed by atoms with Crippen LogP contribution >= 0.6 is 0 Å². The van der Waals surface area contributed by atoms with Gasteiger partial charge in [0.05, 0.1) is 47.8 Å². The Bertz CT molecular complexity index is 1120. The van der Waals surface area contributed by atoms with Gasteiger partial charge in [-0.15, -0.1) is 0 Å². The number of methoxy groups -OCH3 is 1. The Kier molecular flexibility index (Phi) is 5.79. The summed E-state index contributed by atoms with van der Waals surface area (Å²) >= 11 is 0. The molecule has 1 saturated heterocycles. The molecule has 3 aromatic heterocycles. The van der Waals surface area contributed by atoms with Crippen molar-refractivity contribution in [2.75, 3.05) is 25.6 Å². The number of aliphatic hydroxyl groups is 1. The summed E-state index contributed by atoms with van der Waals surface area (Å²) in [5.41, 5.74) is 3.86. The zero-order chi connectivity index (χ0) is 22.2. The Morgan fingerprint density at radius 3 is 2.87 bits per heavy atom. The van der Waals surface area contributed by atoms with Crippen molar-refractivity contribution < 1.29 is 19.4 Å². The highest BCUT2D eigenvalue weighted by Gasteiger charge is 2.43. The molecule has 2 atom stereocenters. The maximum absolute atomic E-state index is 11.5. The minimum absolute atomic E-state index is 0.174. The summed E-state index contributed by atoms with van der Waals surface area (Å²) in [6.07, 6.45) is 3.86. The largest absolute Gasteiger partial charge is 0.392 e. The Balaban J connectivity index is 1.90. The van der Waals surface area contributed by atoms with Crippen LogP contribution in [0.15, 0.2) is 30.6 Å². The van der Waals surface area contributed by atoms with Gasteiger partial charge in [0, 0.05) is 44.8 Å². The first-order chi connectivity index (χ1) is 14.8. The molecule has 8 nitrogen and oxygen atoms in total. The van der Waals surface area contributed by atoms with E-state index in [-0.39, 0.29) is 5.91 Å². The molecule has 1 amide bonds. The number of fused-ring (bicyclic) bond motifs is 1. The molecule has 2 N–H and O–H groups in total. The van der Waals surface area contributed by atoms with Crippen LogP contribution in [0.3, 0.4) is 0 Å². The van der Waals surface area contributed by atoms with Gasteiger partial charge in [0.2, 0.25) is 5.91 Å². The first kappa shape index (κ1) is 21.4. The SMILES string of the molecule is COCc1cc(-c2cn(C)c3cnc(NC(C)=O)cc23)nc(C2([C@H](C)O)CCOC2)c1. The van der Waals surface area contributed by atoms with Gasteiger partial charge in [-0.25, -0.2) is 4.98 Å². The lowest BCUT2D eigenvalue weighted by Gasteiger charge is -2.30. The van der Waals surface area contributed by atoms with Crippen molar-refractivity contribution in [2.24, 2.45) is 7.05 Å². The van der Waals surface area contributed by atoms with Crippen LogP contribution in [0.1, 0.15) is 31.5 Å². The molecule has 0 aliphatic carbocycles. The third-order valence-corrected chi connectivity index (χ3v) is 6.01. The average molecular weight is 425 g/mol. The number of aromatic nitrogens is 3. The van der Waals surface area contributed by atoms with Gasteiger partial charge in [0.15, 0.2) is 0 Å². The topological polar surface area (TPSA) is 98.5 Å². The van der Waals surface area contributed by atoms with Crippen molar-refractivity contribution in [3.63, 3.8) is 0 Å². The van der Waals surface area contributed by atoms with Crippen LogP contribution in [0.2, 0.25) is 0 Å². The van der Waals surface area contributed by atoms with E-state index in [0.717, 1.165) is 33.4 Å². The maximum atomic E-state index is 11.5. The van der Waals surface area contributed by atoms with Crippen molar-refractivity contribution >= 4 is 22.6 Å². The molecule has 1 unspecified atom stereocenters. The zero-order valence-electron chi connectivity index (χ0n) is 18.3. The highest BCUT2D eigenvalue weighted by molar-refractivity contribution is 5.98. The van der Waals surface area contributed by atoms with Crippen molar-refractivity contribution in [1.82, 2.24) is 14.5 Å². The second-order valence-electron chi connectivity index (χ2n) is 8.24. The van der Waals surface area contributed by atoms with E-state index in [4.69, 9.17) is 14.5 Å². The number of hydrogen-bond acceptors (Lipinski definition) is 6. The van der Waals surface area contributed by atoms with Crippen molar-refractivity contribution in [3.8, 4) is 11.3 Å². The standard InChI is InChI=1S/C23H28N4O4/c1-14(28)23(5-6-31-13-23)21-8-16(12-30-4)7-19(26-21)18-11-27(3)20-10-24-22(9-17(18)20)25-15(2)29/h7-11,14,28H,5-6,12-13H2,1-4H3,(H,24,25,29)/t14-,23?/m0/s1. The number of amides is 1. The Morgan fingerprint density at radius 1 is 1.42 bits per heavy atom. The van der Waals surface area contributed by atoms with Gasteiger partial charge in [-0.05, 0) is 37.1 Å². The van der Waals surface area contributed by atoms with Gasteiger partial charge in [-0.3, -0.25) is 9.78 Å². The van der Waals surface area contributed by atoms with Gasteiger partial charge in [-0.1, -0.05) is 0 Å². The molecule has 0 spiro atoms. The lowest BCUT2D eigenvalue weighted by molar-refractivity contribution is -0.114. The quantitative estimate of drug-likeness (QED) is 0.631. The van der Waals surface area contributed by atoms with E-state index in [2.05, 4.69) is 10.3 Å². The maximum Gasteiger partial charge on any atom is 0.222 e. The first-order valence-electron chi connectivity index (χ1n) is 10.3. The fourth-order valence-corrected chi connectivity index (χ4v) is 4.29. The zero-order valence-corrected chi connectivity index (χ0v) is 18.3. The molecule has 0 bridgehead atoms. The Hall–Kier alpha value is -2.81. The minimum atomic E-state index is -0.601. The van der Waals surface area contributed by atoms with Gasteiger partial charge in [-0.2, -0.15) is 0 Å². The molecular formula is C23H28N4O4. The molecule has 164 valence electrons. The number of ether oxygens (including phenoxy) is 2. The van der Waals surface area contributed by atoms with E-state index in [1.807, 2.05) is 36.0 Å². The average Bonchev–Trinajstić information content (AvgIpc) is 3.34. The summed E-state index contributed by atoms with van der Waals surface area (Å²) < 4.78 is 13.1. The van der Waals surface area contributed by atoms with E-state index in [9.17, 15) is 9.90 Å². The van der Waals surface area contributed by atoms with Gasteiger partial charge < -0.3 is 24.5 Å². The predicted octanol–water partition coefficient (Wildman–Crippen LogP) is 2.78. The van der Waals surface area contributed by atoms with E-state index in [0.29, 0.717) is 32.1 Å². The minimum Gasteiger partial charge on any atom is -0.392 e. The van der Waals surface area contributed by atoms with E-state index >= 15 is 0 Å². The van der Waals surface area contributed by atoms with E-state index in [1.165, 1.54) is 6.92 Å². The molecule has 8 heteroatoms. The molecule has 1 fully saturated rings. The van der Waals surface area contributed by atoms with Crippen LogP contribution in [0.25, 0.3) is 22.2 Å². The van der Waals surface area contributed by atoms with E-state index in [1.54, 1.807) is 20.2 Å². The number of anilines is 1. The fourth-order valence-electron chi connectivity index (χ4n) is 4.29. The molecule has 0 aromatic carbocycles. The van der Waals surface area contributed by atoms with E-state index < -0.39 is 11.5 Å². The van der Waals surface area contributed by atoms with Crippen molar-refractivity contribution in [3.05, 3.63) is 41.9 Å². The number of hydrogen-bond donors (Lipinski definition) is 2. The third kappa shape index (κ3) is 3.94. The number of nitrogens with one attached hydrogen (secondary N) is 1. The molecule has 31 heavy (non-hydrogen) atoms. The first-order valence-corrected chi connectivity index (χ1v) is 10.3. The monoisotopic (exact) mass is 424 g/mol. The van der Waals surface area contributed by atoms with Gasteiger partial charge >= 0.3 is 0 Å². The molecule has 3 aromatic rings. The Labute approximate surface area is 181 Å². The lowest BCUT2D eigenvalue weighted by Crippen LogP contribution is -2.39. The highest BCUT2D eigenvalue weighted by atomic mass is 16.5. The van der Waals surface area contributed by atoms with Crippen molar-refractivity contribution in [2.45, 2.75) is 38.4 Å². The second-order valence-corrected chi connectivity index (χ2v) is 8.24. The predicted molar refractivity (Wildman–Crippen MR) is 118 cm³/mol. The molecule has 1 aliphatic heterocycles. The van der Waals surface area contributed by atoms with Crippen LogP contribution in [-0.2, 0) is 33.3 Å². The van der Waals surface area contributed by atoms with Crippen molar-refractivity contribution in [1.29, 1.82) is 0 Å². The number of nitrogens with zero attached hydrogens (tertiary/aromatic N) is 3. The molecule has 1 aliphatic rings. The normalized spacial score (nSPS) is 19.6. The summed E-state index contributed by atoms with van der Waals surface area (Å²) in [6.45, 7) is 4.71. The van der Waals surface area contributed by atoms with Crippen LogP contribution in [0.4, 0.5) is 5.82 Å². The number of carbonyl (C=O) groups excluding carboxylic acids is 1. The van der Waals surface area contributed by atoms with Crippen LogP contribution in [0.5, 0.6) is 0 Å². The third-order valence-electron chi connectivity index (χ3n) is 6.01. The Morgan fingerprint density at radius 2 is 2.23 bits per heavy atom. The number of rotatable bonds is 6. The van der Waals surface area contributed by atoms with Gasteiger partial charge in [0.25, 0.3) is 0 Å².